The van der Waals surface area contributed by atoms with Gasteiger partial charge >= 0.3 is 0 Å². The molecule has 0 saturated carbocycles. The van der Waals surface area contributed by atoms with Crippen LogP contribution in [0.3, 0.4) is 0 Å². The van der Waals surface area contributed by atoms with E-state index < -0.39 is 0 Å². The van der Waals surface area contributed by atoms with Gasteiger partial charge in [0.15, 0.2) is 6.61 Å². The number of anilines is 2. The fourth-order valence-electron chi connectivity index (χ4n) is 3.17. The van der Waals surface area contributed by atoms with Gasteiger partial charge in [-0.1, -0.05) is 30.3 Å². The molecule has 0 fully saturated rings. The molecule has 0 aliphatic rings. The second-order valence-electron chi connectivity index (χ2n) is 6.52. The Morgan fingerprint density at radius 3 is 2.41 bits per heavy atom. The van der Waals surface area contributed by atoms with Gasteiger partial charge in [0.2, 0.25) is 0 Å². The fourth-order valence-corrected chi connectivity index (χ4v) is 3.17. The minimum Gasteiger partial charge on any atom is -0.484 e. The molecule has 0 bridgehead atoms. The molecule has 0 aliphatic heterocycles. The van der Waals surface area contributed by atoms with E-state index in [1.165, 1.54) is 5.69 Å². The topological polar surface area (TPSA) is 41.6 Å². The maximum absolute atomic E-state index is 12.3. The first-order valence-corrected chi connectivity index (χ1v) is 9.37. The van der Waals surface area contributed by atoms with Gasteiger partial charge in [-0.2, -0.15) is 0 Å². The SMILES string of the molecule is CCN(CC)c1ccc(NC(=O)COc2ccc3ccccc3c2)c(C)c1. The van der Waals surface area contributed by atoms with Crippen molar-refractivity contribution in [3.63, 3.8) is 0 Å². The molecule has 3 rings (SSSR count). The van der Waals surface area contributed by atoms with E-state index in [-0.39, 0.29) is 12.5 Å². The third-order valence-corrected chi connectivity index (χ3v) is 4.70. The molecule has 3 aromatic carbocycles. The monoisotopic (exact) mass is 362 g/mol. The van der Waals surface area contributed by atoms with Gasteiger partial charge in [-0.3, -0.25) is 4.79 Å². The molecular weight excluding hydrogens is 336 g/mol. The summed E-state index contributed by atoms with van der Waals surface area (Å²) in [6.45, 7) is 8.18. The van der Waals surface area contributed by atoms with Crippen molar-refractivity contribution >= 4 is 28.1 Å². The van der Waals surface area contributed by atoms with Gasteiger partial charge in [0, 0.05) is 24.5 Å². The standard InChI is InChI=1S/C23H26N2O2/c1-4-25(5-2)20-11-13-22(17(3)14-20)24-23(26)16-27-21-12-10-18-8-6-7-9-19(18)15-21/h6-15H,4-5,16H2,1-3H3,(H,24,26). The molecule has 0 spiro atoms. The van der Waals surface area contributed by atoms with Gasteiger partial charge in [0.25, 0.3) is 5.91 Å². The van der Waals surface area contributed by atoms with Crippen LogP contribution in [-0.2, 0) is 4.79 Å². The lowest BCUT2D eigenvalue weighted by Crippen LogP contribution is -2.23. The summed E-state index contributed by atoms with van der Waals surface area (Å²) in [5.74, 6) is 0.527. The van der Waals surface area contributed by atoms with Crippen LogP contribution in [0, 0.1) is 6.92 Å². The summed E-state index contributed by atoms with van der Waals surface area (Å²) in [4.78, 5) is 14.6. The summed E-state index contributed by atoms with van der Waals surface area (Å²) in [5.41, 5.74) is 3.03. The van der Waals surface area contributed by atoms with E-state index in [1.54, 1.807) is 0 Å². The third-order valence-electron chi connectivity index (χ3n) is 4.70. The predicted molar refractivity (Wildman–Crippen MR) is 113 cm³/mol. The van der Waals surface area contributed by atoms with Crippen LogP contribution in [0.5, 0.6) is 5.75 Å². The minimum atomic E-state index is -0.165. The number of fused-ring (bicyclic) bond motifs is 1. The first-order valence-electron chi connectivity index (χ1n) is 9.37. The van der Waals surface area contributed by atoms with Crippen LogP contribution in [0.1, 0.15) is 19.4 Å². The van der Waals surface area contributed by atoms with Crippen molar-refractivity contribution in [1.29, 1.82) is 0 Å². The van der Waals surface area contributed by atoms with Crippen molar-refractivity contribution in [2.75, 3.05) is 29.9 Å². The van der Waals surface area contributed by atoms with Gasteiger partial charge in [-0.05, 0) is 67.4 Å². The number of hydrogen-bond acceptors (Lipinski definition) is 3. The van der Waals surface area contributed by atoms with Gasteiger partial charge in [0.05, 0.1) is 0 Å². The number of hydrogen-bond donors (Lipinski definition) is 1. The first-order chi connectivity index (χ1) is 13.1. The second kappa shape index (κ2) is 8.58. The van der Waals surface area contributed by atoms with Gasteiger partial charge in [0.1, 0.15) is 5.75 Å². The highest BCUT2D eigenvalue weighted by atomic mass is 16.5. The third kappa shape index (κ3) is 4.59. The number of aryl methyl sites for hydroxylation is 1. The van der Waals surface area contributed by atoms with Crippen LogP contribution < -0.4 is 15.0 Å². The van der Waals surface area contributed by atoms with E-state index in [2.05, 4.69) is 36.2 Å². The average molecular weight is 362 g/mol. The summed E-state index contributed by atoms with van der Waals surface area (Å²) >= 11 is 0. The van der Waals surface area contributed by atoms with Gasteiger partial charge < -0.3 is 15.0 Å². The van der Waals surface area contributed by atoms with Crippen molar-refractivity contribution in [2.45, 2.75) is 20.8 Å². The van der Waals surface area contributed by atoms with E-state index in [0.29, 0.717) is 5.75 Å². The van der Waals surface area contributed by atoms with Crippen LogP contribution in [0.25, 0.3) is 10.8 Å². The van der Waals surface area contributed by atoms with Gasteiger partial charge in [-0.15, -0.1) is 0 Å². The molecule has 0 radical (unpaired) electrons. The van der Waals surface area contributed by atoms with Gasteiger partial charge in [-0.25, -0.2) is 0 Å². The molecule has 3 aromatic rings. The number of benzene rings is 3. The maximum Gasteiger partial charge on any atom is 0.262 e. The quantitative estimate of drug-likeness (QED) is 0.642. The smallest absolute Gasteiger partial charge is 0.262 e. The highest BCUT2D eigenvalue weighted by Crippen LogP contribution is 2.23. The number of carbonyl (C=O) groups is 1. The van der Waals surface area contributed by atoms with Crippen molar-refractivity contribution in [1.82, 2.24) is 0 Å². The Kier molecular flexibility index (Phi) is 5.97. The Morgan fingerprint density at radius 1 is 0.963 bits per heavy atom. The number of nitrogens with one attached hydrogen (secondary N) is 1. The van der Waals surface area contributed by atoms with Crippen LogP contribution in [0.2, 0.25) is 0 Å². The fraction of sp³-hybridized carbons (Fsp3) is 0.261. The lowest BCUT2D eigenvalue weighted by molar-refractivity contribution is -0.118. The van der Waals surface area contributed by atoms with E-state index >= 15 is 0 Å². The molecule has 4 nitrogen and oxygen atoms in total. The Labute approximate surface area is 160 Å². The molecule has 27 heavy (non-hydrogen) atoms. The van der Waals surface area contributed by atoms with Crippen molar-refractivity contribution in [3.05, 3.63) is 66.2 Å². The molecule has 140 valence electrons. The summed E-state index contributed by atoms with van der Waals surface area (Å²) in [7, 11) is 0. The van der Waals surface area contributed by atoms with Crippen LogP contribution >= 0.6 is 0 Å². The molecule has 0 aromatic heterocycles. The zero-order chi connectivity index (χ0) is 19.2. The zero-order valence-electron chi connectivity index (χ0n) is 16.2. The largest absolute Gasteiger partial charge is 0.484 e. The number of amides is 1. The Bertz CT molecular complexity index is 933. The van der Waals surface area contributed by atoms with Crippen molar-refractivity contribution in [2.24, 2.45) is 0 Å². The highest BCUT2D eigenvalue weighted by Gasteiger charge is 2.09. The number of carbonyl (C=O) groups excluding carboxylic acids is 1. The highest BCUT2D eigenvalue weighted by molar-refractivity contribution is 5.93. The van der Waals surface area contributed by atoms with E-state index in [9.17, 15) is 4.79 Å². The predicted octanol–water partition coefficient (Wildman–Crippen LogP) is 5.01. The molecule has 0 unspecified atom stereocenters. The minimum absolute atomic E-state index is 0.0183. The molecule has 0 atom stereocenters. The molecule has 0 heterocycles. The second-order valence-corrected chi connectivity index (χ2v) is 6.52. The Hall–Kier alpha value is -3.01. The molecule has 1 N–H and O–H groups in total. The van der Waals surface area contributed by atoms with Crippen LogP contribution in [0.4, 0.5) is 11.4 Å². The molecule has 1 amide bonds. The summed E-state index contributed by atoms with van der Waals surface area (Å²) in [6.07, 6.45) is 0. The molecular formula is C23H26N2O2. The molecule has 0 aliphatic carbocycles. The lowest BCUT2D eigenvalue weighted by atomic mass is 10.1. The van der Waals surface area contributed by atoms with Crippen molar-refractivity contribution < 1.29 is 9.53 Å². The summed E-state index contributed by atoms with van der Waals surface area (Å²) in [5, 5.41) is 5.18. The normalized spacial score (nSPS) is 10.6. The molecule has 4 heteroatoms. The van der Waals surface area contributed by atoms with E-state index in [1.807, 2.05) is 55.5 Å². The summed E-state index contributed by atoms with van der Waals surface area (Å²) < 4.78 is 5.66. The zero-order valence-corrected chi connectivity index (χ0v) is 16.2. The van der Waals surface area contributed by atoms with Crippen LogP contribution in [-0.4, -0.2) is 25.6 Å². The van der Waals surface area contributed by atoms with E-state index in [0.717, 1.165) is 35.1 Å². The number of nitrogens with zero attached hydrogens (tertiary/aromatic N) is 1. The Balaban J connectivity index is 1.61. The number of ether oxygens (including phenoxy) is 1. The first kappa shape index (κ1) is 18.8. The number of rotatable bonds is 7. The Morgan fingerprint density at radius 2 is 1.70 bits per heavy atom. The lowest BCUT2D eigenvalue weighted by Gasteiger charge is -2.22. The molecule has 0 saturated heterocycles. The van der Waals surface area contributed by atoms with Crippen LogP contribution in [0.15, 0.2) is 60.7 Å². The summed E-state index contributed by atoms with van der Waals surface area (Å²) in [6, 6.07) is 20.0. The maximum atomic E-state index is 12.3. The van der Waals surface area contributed by atoms with E-state index in [4.69, 9.17) is 4.74 Å². The van der Waals surface area contributed by atoms with Crippen molar-refractivity contribution in [3.8, 4) is 5.75 Å². The average Bonchev–Trinajstić information content (AvgIpc) is 2.69.